The molecule has 1 saturated heterocycles. The number of carbonyl (C=O) groups is 3. The summed E-state index contributed by atoms with van der Waals surface area (Å²) in [4.78, 5) is 39.0. The van der Waals surface area contributed by atoms with E-state index >= 15 is 0 Å². The summed E-state index contributed by atoms with van der Waals surface area (Å²) in [6.45, 7) is 0.478. The molecule has 38 heavy (non-hydrogen) atoms. The minimum atomic E-state index is -0.578. The first kappa shape index (κ1) is 25.3. The molecule has 0 aromatic heterocycles. The van der Waals surface area contributed by atoms with Crippen molar-refractivity contribution < 1.29 is 33.0 Å². The Hall–Kier alpha value is -4.31. The van der Waals surface area contributed by atoms with Gasteiger partial charge >= 0.3 is 0 Å². The third-order valence-electron chi connectivity index (χ3n) is 6.12. The van der Waals surface area contributed by atoms with E-state index in [1.165, 1.54) is 12.1 Å². The number of halogens is 2. The SMILES string of the molecule is O=C(COc1ccc(N2C[C@H](C(=O)NCc3ccc4c(c3)OCO4)CC2=O)cc1)Nc1ccc(F)c(Cl)c1. The molecule has 5 rings (SSSR count). The first-order valence-corrected chi connectivity index (χ1v) is 12.2. The highest BCUT2D eigenvalue weighted by Crippen LogP contribution is 2.32. The molecule has 2 aliphatic rings. The second-order valence-electron chi connectivity index (χ2n) is 8.77. The largest absolute Gasteiger partial charge is 0.484 e. The molecule has 2 heterocycles. The molecule has 2 aliphatic heterocycles. The maximum Gasteiger partial charge on any atom is 0.262 e. The van der Waals surface area contributed by atoms with Crippen LogP contribution in [0.1, 0.15) is 12.0 Å². The van der Waals surface area contributed by atoms with Gasteiger partial charge in [-0.25, -0.2) is 4.39 Å². The number of rotatable bonds is 8. The lowest BCUT2D eigenvalue weighted by atomic mass is 10.1. The maximum absolute atomic E-state index is 13.2. The number of hydrogen-bond acceptors (Lipinski definition) is 6. The van der Waals surface area contributed by atoms with Crippen molar-refractivity contribution in [3.8, 4) is 17.2 Å². The third kappa shape index (κ3) is 5.81. The molecular weight excluding hydrogens is 517 g/mol. The zero-order valence-electron chi connectivity index (χ0n) is 20.0. The van der Waals surface area contributed by atoms with Crippen LogP contribution < -0.4 is 29.7 Å². The summed E-state index contributed by atoms with van der Waals surface area (Å²) in [6.07, 6.45) is 0.110. The molecule has 0 unspecified atom stereocenters. The van der Waals surface area contributed by atoms with Crippen LogP contribution in [-0.2, 0) is 20.9 Å². The molecule has 0 radical (unpaired) electrons. The maximum atomic E-state index is 13.2. The molecule has 2 N–H and O–H groups in total. The van der Waals surface area contributed by atoms with Gasteiger partial charge in [0.25, 0.3) is 5.91 Å². The number of fused-ring (bicyclic) bond motifs is 1. The average Bonchev–Trinajstić information content (AvgIpc) is 3.55. The van der Waals surface area contributed by atoms with Crippen molar-refractivity contribution in [1.29, 1.82) is 0 Å². The van der Waals surface area contributed by atoms with Crippen LogP contribution in [0, 0.1) is 11.7 Å². The number of carbonyl (C=O) groups excluding carboxylic acids is 3. The van der Waals surface area contributed by atoms with Gasteiger partial charge in [-0.1, -0.05) is 17.7 Å². The number of benzene rings is 3. The normalized spacial score (nSPS) is 15.9. The van der Waals surface area contributed by atoms with Crippen molar-refractivity contribution >= 4 is 40.7 Å². The molecule has 0 spiro atoms. The Morgan fingerprint density at radius 2 is 1.84 bits per heavy atom. The molecule has 0 bridgehead atoms. The number of ether oxygens (including phenoxy) is 3. The molecular formula is C27H23ClFN3O6. The second-order valence-corrected chi connectivity index (χ2v) is 9.18. The smallest absolute Gasteiger partial charge is 0.262 e. The molecule has 3 aromatic rings. The zero-order valence-corrected chi connectivity index (χ0v) is 20.8. The minimum Gasteiger partial charge on any atom is -0.484 e. The summed E-state index contributed by atoms with van der Waals surface area (Å²) in [6, 6.07) is 16.0. The van der Waals surface area contributed by atoms with E-state index in [0.29, 0.717) is 35.2 Å². The number of amides is 3. The predicted octanol–water partition coefficient (Wildman–Crippen LogP) is 3.89. The predicted molar refractivity (Wildman–Crippen MR) is 137 cm³/mol. The van der Waals surface area contributed by atoms with Crippen LogP contribution in [0.25, 0.3) is 0 Å². The molecule has 1 atom stereocenters. The van der Waals surface area contributed by atoms with Gasteiger partial charge in [0.15, 0.2) is 18.1 Å². The number of nitrogens with zero attached hydrogens (tertiary/aromatic N) is 1. The fourth-order valence-corrected chi connectivity index (χ4v) is 4.34. The van der Waals surface area contributed by atoms with Crippen molar-refractivity contribution in [2.75, 3.05) is 30.2 Å². The fraction of sp³-hybridized carbons (Fsp3) is 0.222. The number of hydrogen-bond donors (Lipinski definition) is 2. The first-order chi connectivity index (χ1) is 18.4. The quantitative estimate of drug-likeness (QED) is 0.450. The van der Waals surface area contributed by atoms with E-state index in [4.69, 9.17) is 25.8 Å². The highest BCUT2D eigenvalue weighted by atomic mass is 35.5. The summed E-state index contributed by atoms with van der Waals surface area (Å²) < 4.78 is 29.4. The Balaban J connectivity index is 1.10. The van der Waals surface area contributed by atoms with Gasteiger partial charge in [0.05, 0.1) is 10.9 Å². The van der Waals surface area contributed by atoms with Gasteiger partial charge in [-0.05, 0) is 60.2 Å². The molecule has 11 heteroatoms. The average molecular weight is 540 g/mol. The topological polar surface area (TPSA) is 106 Å². The van der Waals surface area contributed by atoms with Gasteiger partial charge in [-0.2, -0.15) is 0 Å². The molecule has 1 fully saturated rings. The van der Waals surface area contributed by atoms with E-state index in [-0.39, 0.29) is 43.2 Å². The van der Waals surface area contributed by atoms with E-state index in [0.717, 1.165) is 11.6 Å². The van der Waals surface area contributed by atoms with Gasteiger partial charge in [0.2, 0.25) is 18.6 Å². The Morgan fingerprint density at radius 3 is 2.63 bits per heavy atom. The van der Waals surface area contributed by atoms with Crippen molar-refractivity contribution in [2.45, 2.75) is 13.0 Å². The van der Waals surface area contributed by atoms with Crippen LogP contribution in [0.2, 0.25) is 5.02 Å². The fourth-order valence-electron chi connectivity index (χ4n) is 4.16. The summed E-state index contributed by atoms with van der Waals surface area (Å²) >= 11 is 5.72. The van der Waals surface area contributed by atoms with E-state index in [1.54, 1.807) is 35.2 Å². The zero-order chi connectivity index (χ0) is 26.6. The summed E-state index contributed by atoms with van der Waals surface area (Å²) in [5.41, 5.74) is 1.84. The van der Waals surface area contributed by atoms with E-state index in [1.807, 2.05) is 12.1 Å². The van der Waals surface area contributed by atoms with Crippen LogP contribution in [0.15, 0.2) is 60.7 Å². The van der Waals surface area contributed by atoms with Crippen LogP contribution in [-0.4, -0.2) is 37.7 Å². The van der Waals surface area contributed by atoms with Gasteiger partial charge in [0, 0.05) is 30.9 Å². The summed E-state index contributed by atoms with van der Waals surface area (Å²) in [5.74, 6) is -0.114. The van der Waals surface area contributed by atoms with Gasteiger partial charge in [-0.15, -0.1) is 0 Å². The standard InChI is InChI=1S/C27H23ClFN3O6/c28-21-11-18(2-7-22(21)29)31-25(33)14-36-20-5-3-19(4-6-20)32-13-17(10-26(32)34)27(35)30-12-16-1-8-23-24(9-16)38-15-37-23/h1-9,11,17H,10,12-15H2,(H,30,35)(H,31,33)/t17-/m1/s1. The van der Waals surface area contributed by atoms with Crippen molar-refractivity contribution in [1.82, 2.24) is 5.32 Å². The Morgan fingerprint density at radius 1 is 1.05 bits per heavy atom. The lowest BCUT2D eigenvalue weighted by Gasteiger charge is -2.17. The monoisotopic (exact) mass is 539 g/mol. The lowest BCUT2D eigenvalue weighted by Crippen LogP contribution is -2.32. The molecule has 0 saturated carbocycles. The second kappa shape index (κ2) is 11.0. The van der Waals surface area contributed by atoms with Crippen LogP contribution in [0.3, 0.4) is 0 Å². The van der Waals surface area contributed by atoms with Crippen molar-refractivity contribution in [3.05, 3.63) is 77.1 Å². The number of nitrogens with one attached hydrogen (secondary N) is 2. The highest BCUT2D eigenvalue weighted by Gasteiger charge is 2.35. The third-order valence-corrected chi connectivity index (χ3v) is 6.41. The Bertz CT molecular complexity index is 1380. The van der Waals surface area contributed by atoms with Crippen LogP contribution >= 0.6 is 11.6 Å². The van der Waals surface area contributed by atoms with Crippen molar-refractivity contribution in [3.63, 3.8) is 0 Å². The van der Waals surface area contributed by atoms with Crippen molar-refractivity contribution in [2.24, 2.45) is 5.92 Å². The Kier molecular flexibility index (Phi) is 7.32. The molecule has 3 aromatic carbocycles. The Labute approximate surface area is 222 Å². The van der Waals surface area contributed by atoms with Gasteiger partial charge in [0.1, 0.15) is 11.6 Å². The minimum absolute atomic E-state index is 0.0970. The summed E-state index contributed by atoms with van der Waals surface area (Å²) in [7, 11) is 0. The summed E-state index contributed by atoms with van der Waals surface area (Å²) in [5, 5.41) is 5.36. The van der Waals surface area contributed by atoms with Crippen LogP contribution in [0.5, 0.6) is 17.2 Å². The van der Waals surface area contributed by atoms with E-state index in [2.05, 4.69) is 10.6 Å². The highest BCUT2D eigenvalue weighted by molar-refractivity contribution is 6.31. The first-order valence-electron chi connectivity index (χ1n) is 11.8. The number of anilines is 2. The molecule has 0 aliphatic carbocycles. The van der Waals surface area contributed by atoms with Gasteiger partial charge in [-0.3, -0.25) is 14.4 Å². The van der Waals surface area contributed by atoms with E-state index < -0.39 is 17.6 Å². The molecule has 3 amide bonds. The van der Waals surface area contributed by atoms with E-state index in [9.17, 15) is 18.8 Å². The van der Waals surface area contributed by atoms with Gasteiger partial charge < -0.3 is 29.7 Å². The molecule has 9 nitrogen and oxygen atoms in total. The van der Waals surface area contributed by atoms with Crippen LogP contribution in [0.4, 0.5) is 15.8 Å². The lowest BCUT2D eigenvalue weighted by molar-refractivity contribution is -0.126. The molecule has 196 valence electrons.